The van der Waals surface area contributed by atoms with Crippen molar-refractivity contribution in [3.63, 3.8) is 0 Å². The lowest BCUT2D eigenvalue weighted by Gasteiger charge is -2.04. The molecule has 0 bridgehead atoms. The van der Waals surface area contributed by atoms with E-state index in [1.165, 1.54) is 6.20 Å². The average molecular weight is 277 g/mol. The summed E-state index contributed by atoms with van der Waals surface area (Å²) in [6.07, 6.45) is 4.22. The minimum atomic E-state index is -1.27. The molecular weight excluding hydrogens is 266 g/mol. The van der Waals surface area contributed by atoms with Gasteiger partial charge >= 0.3 is 11.7 Å². The first-order valence-electron chi connectivity index (χ1n) is 5.68. The summed E-state index contributed by atoms with van der Waals surface area (Å²) in [6, 6.07) is 0.960. The maximum Gasteiger partial charge on any atom is 0.337 e. The summed E-state index contributed by atoms with van der Waals surface area (Å²) >= 11 is 0. The first-order chi connectivity index (χ1) is 9.51. The van der Waals surface area contributed by atoms with Crippen LogP contribution in [-0.2, 0) is 6.54 Å². The lowest BCUT2D eigenvalue weighted by atomic mass is 10.2. The van der Waals surface area contributed by atoms with E-state index in [4.69, 9.17) is 5.11 Å². The number of carboxylic acids is 1. The summed E-state index contributed by atoms with van der Waals surface area (Å²) in [7, 11) is 0. The molecule has 0 saturated carbocycles. The number of aryl methyl sites for hydroxylation is 1. The van der Waals surface area contributed by atoms with E-state index < -0.39 is 16.6 Å². The average Bonchev–Trinajstić information content (AvgIpc) is 2.86. The number of carboxylic acid groups (broad SMARTS) is 1. The van der Waals surface area contributed by atoms with Crippen molar-refractivity contribution in [2.45, 2.75) is 13.5 Å². The predicted molar refractivity (Wildman–Crippen MR) is 69.0 cm³/mol. The summed E-state index contributed by atoms with van der Waals surface area (Å²) in [5, 5.41) is 26.5. The second kappa shape index (κ2) is 5.34. The number of hydrogen-bond acceptors (Lipinski definition) is 6. The van der Waals surface area contributed by atoms with Crippen LogP contribution in [0, 0.1) is 10.1 Å². The molecule has 2 N–H and O–H groups in total. The van der Waals surface area contributed by atoms with Crippen molar-refractivity contribution in [1.82, 2.24) is 14.8 Å². The van der Waals surface area contributed by atoms with Gasteiger partial charge in [-0.2, -0.15) is 5.10 Å². The van der Waals surface area contributed by atoms with Crippen molar-refractivity contribution in [3.05, 3.63) is 40.3 Å². The van der Waals surface area contributed by atoms with Crippen LogP contribution in [0.5, 0.6) is 0 Å². The summed E-state index contributed by atoms with van der Waals surface area (Å²) in [4.78, 5) is 24.8. The zero-order valence-corrected chi connectivity index (χ0v) is 10.5. The van der Waals surface area contributed by atoms with E-state index in [1.54, 1.807) is 10.9 Å². The molecule has 0 aliphatic carbocycles. The van der Waals surface area contributed by atoms with Gasteiger partial charge in [0, 0.05) is 25.0 Å². The van der Waals surface area contributed by atoms with Crippen molar-refractivity contribution in [2.75, 3.05) is 5.32 Å². The Bertz CT molecular complexity index is 667. The SMILES string of the molecule is CCn1cc(Nc2ncc(C(=O)O)cc2[N+](=O)[O-])cn1. The number of aromatic nitrogens is 3. The Kier molecular flexibility index (Phi) is 3.60. The maximum absolute atomic E-state index is 11.0. The first-order valence-corrected chi connectivity index (χ1v) is 5.68. The molecule has 2 aromatic heterocycles. The molecule has 104 valence electrons. The summed E-state index contributed by atoms with van der Waals surface area (Å²) in [5.41, 5.74) is -0.119. The van der Waals surface area contributed by atoms with E-state index in [-0.39, 0.29) is 11.4 Å². The van der Waals surface area contributed by atoms with Gasteiger partial charge in [0.05, 0.1) is 22.4 Å². The van der Waals surface area contributed by atoms with Gasteiger partial charge in [0.1, 0.15) is 0 Å². The highest BCUT2D eigenvalue weighted by molar-refractivity contribution is 5.89. The van der Waals surface area contributed by atoms with Crippen LogP contribution in [0.3, 0.4) is 0 Å². The Balaban J connectivity index is 2.35. The van der Waals surface area contributed by atoms with E-state index in [2.05, 4.69) is 15.4 Å². The zero-order valence-electron chi connectivity index (χ0n) is 10.5. The molecule has 0 aliphatic rings. The number of carbonyl (C=O) groups is 1. The van der Waals surface area contributed by atoms with Crippen LogP contribution in [-0.4, -0.2) is 30.8 Å². The molecule has 0 amide bonds. The van der Waals surface area contributed by atoms with Gasteiger partial charge in [-0.1, -0.05) is 0 Å². The normalized spacial score (nSPS) is 10.2. The Morgan fingerprint density at radius 2 is 2.30 bits per heavy atom. The molecule has 2 heterocycles. The number of hydrogen-bond donors (Lipinski definition) is 2. The van der Waals surface area contributed by atoms with Crippen molar-refractivity contribution in [2.24, 2.45) is 0 Å². The zero-order chi connectivity index (χ0) is 14.7. The van der Waals surface area contributed by atoms with Crippen molar-refractivity contribution in [1.29, 1.82) is 0 Å². The molecule has 0 fully saturated rings. The van der Waals surface area contributed by atoms with Gasteiger partial charge < -0.3 is 10.4 Å². The molecule has 9 nitrogen and oxygen atoms in total. The largest absolute Gasteiger partial charge is 0.478 e. The highest BCUT2D eigenvalue weighted by Gasteiger charge is 2.19. The lowest BCUT2D eigenvalue weighted by Crippen LogP contribution is -2.04. The summed E-state index contributed by atoms with van der Waals surface area (Å²) < 4.78 is 1.64. The minimum Gasteiger partial charge on any atom is -0.478 e. The Hall–Kier alpha value is -2.97. The molecule has 20 heavy (non-hydrogen) atoms. The third-order valence-electron chi connectivity index (χ3n) is 2.53. The fourth-order valence-corrected chi connectivity index (χ4v) is 1.54. The monoisotopic (exact) mass is 277 g/mol. The molecule has 2 rings (SSSR count). The topological polar surface area (TPSA) is 123 Å². The van der Waals surface area contributed by atoms with E-state index >= 15 is 0 Å². The summed E-state index contributed by atoms with van der Waals surface area (Å²) in [5.74, 6) is -1.30. The van der Waals surface area contributed by atoms with Crippen molar-refractivity contribution < 1.29 is 14.8 Å². The highest BCUT2D eigenvalue weighted by atomic mass is 16.6. The van der Waals surface area contributed by atoms with Gasteiger partial charge in [0.15, 0.2) is 0 Å². The van der Waals surface area contributed by atoms with Crippen molar-refractivity contribution >= 4 is 23.2 Å². The van der Waals surface area contributed by atoms with Crippen LogP contribution < -0.4 is 5.32 Å². The Labute approximate surface area is 113 Å². The van der Waals surface area contributed by atoms with Crippen LogP contribution in [0.1, 0.15) is 17.3 Å². The quantitative estimate of drug-likeness (QED) is 0.629. The fraction of sp³-hybridized carbons (Fsp3) is 0.182. The number of nitro groups is 1. The fourth-order valence-electron chi connectivity index (χ4n) is 1.54. The minimum absolute atomic E-state index is 0.0318. The molecule has 0 saturated heterocycles. The molecule has 2 aromatic rings. The number of rotatable bonds is 5. The first kappa shape index (κ1) is 13.5. The van der Waals surface area contributed by atoms with Crippen LogP contribution in [0.2, 0.25) is 0 Å². The van der Waals surface area contributed by atoms with Gasteiger partial charge in [-0.3, -0.25) is 14.8 Å². The molecule has 0 radical (unpaired) electrons. The molecule has 0 aliphatic heterocycles. The van der Waals surface area contributed by atoms with Gasteiger partial charge in [-0.25, -0.2) is 9.78 Å². The molecule has 0 atom stereocenters. The molecule has 9 heteroatoms. The predicted octanol–water partition coefficient (Wildman–Crippen LogP) is 1.65. The highest BCUT2D eigenvalue weighted by Crippen LogP contribution is 2.25. The van der Waals surface area contributed by atoms with E-state index in [0.717, 1.165) is 12.3 Å². The van der Waals surface area contributed by atoms with Crippen LogP contribution in [0.4, 0.5) is 17.2 Å². The van der Waals surface area contributed by atoms with E-state index in [1.807, 2.05) is 6.92 Å². The van der Waals surface area contributed by atoms with E-state index in [0.29, 0.717) is 12.2 Å². The third kappa shape index (κ3) is 2.71. The second-order valence-electron chi connectivity index (χ2n) is 3.86. The van der Waals surface area contributed by atoms with Crippen molar-refractivity contribution in [3.8, 4) is 0 Å². The summed E-state index contributed by atoms with van der Waals surface area (Å²) in [6.45, 7) is 2.56. The lowest BCUT2D eigenvalue weighted by molar-refractivity contribution is -0.384. The standard InChI is InChI=1S/C11H11N5O4/c1-2-15-6-8(5-13-15)14-10-9(16(19)20)3-7(4-12-10)11(17)18/h3-6H,2H2,1H3,(H,12,14)(H,17,18). The second-order valence-corrected chi connectivity index (χ2v) is 3.86. The number of nitrogens with zero attached hydrogens (tertiary/aromatic N) is 4. The smallest absolute Gasteiger partial charge is 0.337 e. The molecule has 0 spiro atoms. The maximum atomic E-state index is 11.0. The number of aromatic carboxylic acids is 1. The van der Waals surface area contributed by atoms with Gasteiger partial charge in [0.25, 0.3) is 0 Å². The van der Waals surface area contributed by atoms with Crippen LogP contribution in [0.25, 0.3) is 0 Å². The molecule has 0 aromatic carbocycles. The third-order valence-corrected chi connectivity index (χ3v) is 2.53. The number of anilines is 2. The van der Waals surface area contributed by atoms with Gasteiger partial charge in [-0.15, -0.1) is 0 Å². The molecule has 0 unspecified atom stereocenters. The number of pyridine rings is 1. The van der Waals surface area contributed by atoms with Gasteiger partial charge in [0.2, 0.25) is 5.82 Å². The van der Waals surface area contributed by atoms with Crippen LogP contribution in [0.15, 0.2) is 24.7 Å². The Morgan fingerprint density at radius 3 is 2.85 bits per heavy atom. The number of nitrogens with one attached hydrogen (secondary N) is 1. The van der Waals surface area contributed by atoms with E-state index in [9.17, 15) is 14.9 Å². The molecular formula is C11H11N5O4. The van der Waals surface area contributed by atoms with Gasteiger partial charge in [-0.05, 0) is 6.92 Å². The van der Waals surface area contributed by atoms with Crippen LogP contribution >= 0.6 is 0 Å². The Morgan fingerprint density at radius 1 is 1.55 bits per heavy atom.